The molecule has 0 radical (unpaired) electrons. The number of likely N-dealkylation sites (tertiary alicyclic amines) is 1. The highest BCUT2D eigenvalue weighted by Gasteiger charge is 2.74. The van der Waals surface area contributed by atoms with Crippen LogP contribution in [-0.2, 0) is 33.7 Å². The molecule has 0 saturated carbocycles. The van der Waals surface area contributed by atoms with E-state index < -0.39 is 69.6 Å². The number of Topliss-reactive ketones (excluding diaryl/α,β-unsaturated/α-hetero) is 1. The van der Waals surface area contributed by atoms with Gasteiger partial charge in [-0.05, 0) is 46.5 Å². The van der Waals surface area contributed by atoms with Gasteiger partial charge in [-0.2, -0.15) is 0 Å². The molecule has 226 valence electrons. The van der Waals surface area contributed by atoms with Gasteiger partial charge in [-0.3, -0.25) is 24.1 Å². The highest BCUT2D eigenvalue weighted by atomic mass is 35.5. The minimum Gasteiger partial charge on any atom is -0.452 e. The molecule has 12 heteroatoms. The number of alkyl halides is 3. The summed E-state index contributed by atoms with van der Waals surface area (Å²) in [6.45, 7) is 0. The number of amides is 3. The molecule has 4 atom stereocenters. The number of hydrogen-bond acceptors (Lipinski definition) is 6. The number of carbonyl (C=O) groups excluding carboxylic acids is 5. The molecule has 4 aliphatic rings. The van der Waals surface area contributed by atoms with Gasteiger partial charge in [-0.25, -0.2) is 4.79 Å². The van der Waals surface area contributed by atoms with E-state index in [0.29, 0.717) is 32.2 Å². The van der Waals surface area contributed by atoms with Crippen LogP contribution in [0, 0.1) is 11.8 Å². The molecule has 3 amide bonds. The first-order chi connectivity index (χ1) is 21.0. The summed E-state index contributed by atoms with van der Waals surface area (Å²) in [5, 5.41) is 0.397. The molecule has 2 bridgehead atoms. The molecule has 1 fully saturated rings. The fraction of sp³-hybridized carbons (Fsp3) is 0.281. The topological polar surface area (TPSA) is 124 Å². The van der Waals surface area contributed by atoms with Crippen molar-refractivity contribution in [2.45, 2.75) is 34.7 Å². The number of nitrogens with zero attached hydrogens (tertiary/aromatic N) is 1. The number of ether oxygens (including phenoxy) is 1. The van der Waals surface area contributed by atoms with Gasteiger partial charge in [0.25, 0.3) is 0 Å². The summed E-state index contributed by atoms with van der Waals surface area (Å²) in [7, 11) is 0. The van der Waals surface area contributed by atoms with Crippen molar-refractivity contribution in [1.82, 2.24) is 4.90 Å². The summed E-state index contributed by atoms with van der Waals surface area (Å²) in [6.07, 6.45) is -2.20. The van der Waals surface area contributed by atoms with Crippen molar-refractivity contribution in [2.24, 2.45) is 17.6 Å². The van der Waals surface area contributed by atoms with Crippen molar-refractivity contribution >= 4 is 75.9 Å². The third kappa shape index (κ3) is 4.37. The van der Waals surface area contributed by atoms with Gasteiger partial charge in [-0.15, -0.1) is 34.8 Å². The fourth-order valence-electron chi connectivity index (χ4n) is 6.83. The lowest BCUT2D eigenvalue weighted by Crippen LogP contribution is -2.57. The van der Waals surface area contributed by atoms with Crippen LogP contribution >= 0.6 is 46.4 Å². The second-order valence-corrected chi connectivity index (χ2v) is 13.0. The summed E-state index contributed by atoms with van der Waals surface area (Å²) >= 11 is 26.8. The minimum atomic E-state index is -1.78. The van der Waals surface area contributed by atoms with Crippen molar-refractivity contribution in [1.29, 1.82) is 0 Å². The Morgan fingerprint density at radius 3 is 1.68 bits per heavy atom. The molecule has 3 aromatic carbocycles. The van der Waals surface area contributed by atoms with Gasteiger partial charge in [0.1, 0.15) is 15.8 Å². The number of rotatable bonds is 9. The van der Waals surface area contributed by atoms with E-state index >= 15 is 0 Å². The molecular weight excluding hydrogens is 650 g/mol. The lowest BCUT2D eigenvalue weighted by molar-refractivity contribution is -0.162. The van der Waals surface area contributed by atoms with Gasteiger partial charge in [0.15, 0.2) is 6.10 Å². The van der Waals surface area contributed by atoms with Gasteiger partial charge in [0.05, 0.1) is 18.3 Å². The molecule has 3 aliphatic carbocycles. The predicted octanol–water partition coefficient (Wildman–Crippen LogP) is 4.90. The van der Waals surface area contributed by atoms with E-state index in [1.54, 1.807) is 48.5 Å². The summed E-state index contributed by atoms with van der Waals surface area (Å²) in [5.41, 5.74) is 7.99. The Kier molecular flexibility index (Phi) is 7.77. The van der Waals surface area contributed by atoms with Crippen LogP contribution in [0.2, 0.25) is 5.02 Å². The van der Waals surface area contributed by atoms with Gasteiger partial charge in [0.2, 0.25) is 23.5 Å². The molecule has 2 N–H and O–H groups in total. The van der Waals surface area contributed by atoms with Gasteiger partial charge in [-0.1, -0.05) is 60.1 Å². The number of primary amides is 1. The highest BCUT2D eigenvalue weighted by Crippen LogP contribution is 2.69. The largest absolute Gasteiger partial charge is 0.452 e. The molecule has 44 heavy (non-hydrogen) atoms. The van der Waals surface area contributed by atoms with Crippen molar-refractivity contribution in [2.75, 3.05) is 5.88 Å². The number of nitrogens with two attached hydrogens (primary N) is 1. The Bertz CT molecular complexity index is 1610. The highest BCUT2D eigenvalue weighted by molar-refractivity contribution is 6.36. The van der Waals surface area contributed by atoms with Crippen LogP contribution < -0.4 is 5.73 Å². The van der Waals surface area contributed by atoms with Crippen molar-refractivity contribution in [3.05, 3.63) is 106 Å². The normalized spacial score (nSPS) is 26.0. The number of benzene rings is 3. The predicted molar refractivity (Wildman–Crippen MR) is 164 cm³/mol. The minimum absolute atomic E-state index is 0.0520. The maximum atomic E-state index is 14.3. The first-order valence-corrected chi connectivity index (χ1v) is 15.4. The molecule has 1 heterocycles. The number of esters is 1. The van der Waals surface area contributed by atoms with Crippen LogP contribution in [0.4, 0.5) is 0 Å². The van der Waals surface area contributed by atoms with Crippen LogP contribution in [0.3, 0.4) is 0 Å². The monoisotopic (exact) mass is 672 g/mol. The van der Waals surface area contributed by atoms with Crippen LogP contribution in [0.5, 0.6) is 0 Å². The molecule has 7 rings (SSSR count). The van der Waals surface area contributed by atoms with Crippen molar-refractivity contribution in [3.63, 3.8) is 0 Å². The molecule has 0 unspecified atom stereocenters. The number of imide groups is 1. The van der Waals surface area contributed by atoms with Crippen molar-refractivity contribution < 1.29 is 28.7 Å². The second-order valence-electron chi connectivity index (χ2n) is 11.0. The Morgan fingerprint density at radius 2 is 1.27 bits per heavy atom. The lowest BCUT2D eigenvalue weighted by atomic mass is 9.54. The molecular formula is C32H24Cl4N2O6. The molecule has 8 nitrogen and oxygen atoms in total. The van der Waals surface area contributed by atoms with E-state index in [1.807, 2.05) is 0 Å². The summed E-state index contributed by atoms with van der Waals surface area (Å²) < 4.78 is 5.58. The third-order valence-electron chi connectivity index (χ3n) is 8.65. The zero-order chi connectivity index (χ0) is 31.6. The standard InChI is InChI=1S/C32H24Cl4N2O6/c33-14-13-23(27(40)16-9-11-17(34)12-10-16)44-30(43)22(15-24(37)39)38-28(41)25-26(29(38)42)32(36)19-6-2-1-5-18(19)31(25,35)20-7-3-4-8-21(20)32/h1-12,22-23,25-26H,13-15H2,(H2,37,39)/t22-,23+,25-,26+,31?,32?/m1/s1. The van der Waals surface area contributed by atoms with E-state index in [9.17, 15) is 24.0 Å². The average Bonchev–Trinajstić information content (AvgIpc) is 3.28. The Balaban J connectivity index is 1.40. The van der Waals surface area contributed by atoms with Crippen LogP contribution in [0.25, 0.3) is 0 Å². The number of halogens is 4. The first kappa shape index (κ1) is 30.6. The quantitative estimate of drug-likeness (QED) is 0.149. The third-order valence-corrected chi connectivity index (χ3v) is 10.4. The van der Waals surface area contributed by atoms with Crippen molar-refractivity contribution in [3.8, 4) is 0 Å². The summed E-state index contributed by atoms with van der Waals surface area (Å²) in [4.78, 5) is 65.6. The second kappa shape index (κ2) is 11.2. The van der Waals surface area contributed by atoms with Gasteiger partial charge in [0, 0.05) is 22.9 Å². The molecule has 3 aromatic rings. The Hall–Kier alpha value is -3.43. The number of carbonyl (C=O) groups is 5. The van der Waals surface area contributed by atoms with Crippen LogP contribution in [0.1, 0.15) is 45.5 Å². The maximum absolute atomic E-state index is 14.3. The zero-order valence-electron chi connectivity index (χ0n) is 22.8. The van der Waals surface area contributed by atoms with E-state index in [1.165, 1.54) is 24.3 Å². The number of ketones is 1. The molecule has 0 aromatic heterocycles. The Morgan fingerprint density at radius 1 is 0.818 bits per heavy atom. The fourth-order valence-corrected chi connectivity index (χ4v) is 8.25. The van der Waals surface area contributed by atoms with Crippen LogP contribution in [0.15, 0.2) is 72.8 Å². The van der Waals surface area contributed by atoms with E-state index in [2.05, 4.69) is 0 Å². The first-order valence-electron chi connectivity index (χ1n) is 13.8. The maximum Gasteiger partial charge on any atom is 0.330 e. The summed E-state index contributed by atoms with van der Waals surface area (Å²) in [5.74, 6) is -6.80. The van der Waals surface area contributed by atoms with Gasteiger partial charge >= 0.3 is 5.97 Å². The van der Waals surface area contributed by atoms with E-state index in [-0.39, 0.29) is 17.9 Å². The SMILES string of the molecule is NC(=O)C[C@H](C(=O)O[C@@H](CCCl)C(=O)c1ccc(Cl)cc1)N1C(=O)[C@@H]2[C@H](C1=O)C1(Cl)c3ccccc3C2(Cl)c2ccccc21. The van der Waals surface area contributed by atoms with E-state index in [0.717, 1.165) is 0 Å². The zero-order valence-corrected chi connectivity index (χ0v) is 25.9. The summed E-state index contributed by atoms with van der Waals surface area (Å²) in [6, 6.07) is 18.3. The number of hydrogen-bond donors (Lipinski definition) is 1. The van der Waals surface area contributed by atoms with Gasteiger partial charge < -0.3 is 10.5 Å². The van der Waals surface area contributed by atoms with Crippen LogP contribution in [-0.4, -0.2) is 52.4 Å². The molecule has 1 aliphatic heterocycles. The molecule has 0 spiro atoms. The smallest absolute Gasteiger partial charge is 0.330 e. The Labute approximate surface area is 272 Å². The average molecular weight is 674 g/mol. The molecule has 1 saturated heterocycles. The lowest BCUT2D eigenvalue weighted by Gasteiger charge is -2.54. The van der Waals surface area contributed by atoms with E-state index in [4.69, 9.17) is 56.9 Å².